The Kier molecular flexibility index (Phi) is 10.7. The Morgan fingerprint density at radius 3 is 1.33 bits per heavy atom. The van der Waals surface area contributed by atoms with E-state index in [4.69, 9.17) is 9.47 Å². The number of phenols is 2. The fraction of sp³-hybridized carbons (Fsp3) is 0.0588. The molecular formula is C34H26N4O16S4. The number of hydrogen-bond acceptors (Lipinski definition) is 16. The molecule has 0 heterocycles. The molecule has 6 rings (SSSR count). The van der Waals surface area contributed by atoms with Gasteiger partial charge in [-0.3, -0.25) is 18.2 Å². The summed E-state index contributed by atoms with van der Waals surface area (Å²) in [5, 5.41) is 37.4. The summed E-state index contributed by atoms with van der Waals surface area (Å²) in [6.07, 6.45) is 0. The molecule has 20 nitrogen and oxygen atoms in total. The van der Waals surface area contributed by atoms with Crippen LogP contribution >= 0.6 is 0 Å². The number of benzene rings is 6. The number of azo groups is 2. The van der Waals surface area contributed by atoms with Crippen LogP contribution in [0.1, 0.15) is 0 Å². The van der Waals surface area contributed by atoms with E-state index < -0.39 is 82.9 Å². The van der Waals surface area contributed by atoms with Gasteiger partial charge in [-0.2, -0.15) is 33.7 Å². The quantitative estimate of drug-likeness (QED) is 0.0569. The topological polar surface area (TPSA) is 326 Å². The van der Waals surface area contributed by atoms with E-state index in [-0.39, 0.29) is 44.4 Å². The van der Waals surface area contributed by atoms with Crippen molar-refractivity contribution in [2.24, 2.45) is 20.5 Å². The Bertz CT molecular complexity index is 3230. The van der Waals surface area contributed by atoms with E-state index in [1.54, 1.807) is 12.1 Å². The molecule has 0 unspecified atom stereocenters. The highest BCUT2D eigenvalue weighted by atomic mass is 32.2. The standard InChI is InChI=1S/C34H26N4O16S4/c1-53-27-12-17(4-9-25(27)35-37-31-23-8-7-21(55(41,42)43)11-20(23)15-30(33(31)39)58(50,51)52)18-5-10-26(28(13-18)54-2)36-38-32-24-16-22(56(44,45)46)6-3-19(24)14-29(34(32)40)57(47,48)49/h3-16,39-40H,1-2H3,(H,41,42,43)(H,44,45,46)(H,47,48,49)(H,50,51,52). The van der Waals surface area contributed by atoms with Crippen molar-refractivity contribution in [1.82, 2.24) is 0 Å². The van der Waals surface area contributed by atoms with Crippen molar-refractivity contribution in [3.05, 3.63) is 84.9 Å². The van der Waals surface area contributed by atoms with E-state index in [1.807, 2.05) is 0 Å². The second kappa shape index (κ2) is 15.0. The van der Waals surface area contributed by atoms with E-state index in [0.29, 0.717) is 11.1 Å². The molecule has 0 saturated carbocycles. The molecule has 302 valence electrons. The third-order valence-electron chi connectivity index (χ3n) is 8.41. The zero-order valence-corrected chi connectivity index (χ0v) is 32.5. The summed E-state index contributed by atoms with van der Waals surface area (Å²) in [5.74, 6) is -1.86. The van der Waals surface area contributed by atoms with Crippen molar-refractivity contribution in [2.75, 3.05) is 14.2 Å². The Morgan fingerprint density at radius 2 is 0.879 bits per heavy atom. The number of hydrogen-bond donors (Lipinski definition) is 6. The van der Waals surface area contributed by atoms with Gasteiger partial charge in [-0.1, -0.05) is 24.3 Å². The fourth-order valence-electron chi connectivity index (χ4n) is 5.65. The van der Waals surface area contributed by atoms with Crippen LogP contribution in [-0.4, -0.2) is 76.3 Å². The predicted molar refractivity (Wildman–Crippen MR) is 204 cm³/mol. The molecule has 6 aromatic rings. The minimum atomic E-state index is -5.06. The molecule has 0 spiro atoms. The summed E-state index contributed by atoms with van der Waals surface area (Å²) in [6, 6.07) is 16.7. The largest absolute Gasteiger partial charge is 0.504 e. The van der Waals surface area contributed by atoms with Gasteiger partial charge in [0.05, 0.1) is 24.0 Å². The number of fused-ring (bicyclic) bond motifs is 2. The summed E-state index contributed by atoms with van der Waals surface area (Å²) >= 11 is 0. The van der Waals surface area contributed by atoms with Crippen LogP contribution in [0.4, 0.5) is 22.7 Å². The summed E-state index contributed by atoms with van der Waals surface area (Å²) < 4.78 is 144. The van der Waals surface area contributed by atoms with Crippen LogP contribution in [0.25, 0.3) is 32.7 Å². The normalized spacial score (nSPS) is 12.9. The second-order valence-electron chi connectivity index (χ2n) is 12.0. The molecular weight excluding hydrogens is 849 g/mol. The number of aromatic hydroxyl groups is 2. The lowest BCUT2D eigenvalue weighted by atomic mass is 10.0. The molecule has 58 heavy (non-hydrogen) atoms. The second-order valence-corrected chi connectivity index (χ2v) is 17.6. The van der Waals surface area contributed by atoms with Crippen molar-refractivity contribution in [1.29, 1.82) is 0 Å². The SMILES string of the molecule is COc1cc(-c2ccc(N=Nc3c(O)c(S(=O)(=O)O)cc4ccc(S(=O)(=O)O)cc34)c(OC)c2)ccc1N=Nc1c(O)c(S(=O)(=O)O)cc2cc(S(=O)(=O)O)ccc12. The Labute approximate surface area is 328 Å². The zero-order valence-electron chi connectivity index (χ0n) is 29.3. The molecule has 6 N–H and O–H groups in total. The smallest absolute Gasteiger partial charge is 0.298 e. The Morgan fingerprint density at radius 1 is 0.448 bits per heavy atom. The molecule has 0 aromatic heterocycles. The highest BCUT2D eigenvalue weighted by Crippen LogP contribution is 2.45. The maximum atomic E-state index is 12.0. The first-order valence-electron chi connectivity index (χ1n) is 15.7. The van der Waals surface area contributed by atoms with Gasteiger partial charge in [0.25, 0.3) is 40.5 Å². The molecule has 0 radical (unpaired) electrons. The average molecular weight is 875 g/mol. The number of methoxy groups -OCH3 is 2. The summed E-state index contributed by atoms with van der Waals surface area (Å²) in [6.45, 7) is 0. The van der Waals surface area contributed by atoms with Gasteiger partial charge in [0.1, 0.15) is 44.0 Å². The van der Waals surface area contributed by atoms with E-state index >= 15 is 0 Å². The van der Waals surface area contributed by atoms with Gasteiger partial charge >= 0.3 is 0 Å². The molecule has 0 atom stereocenters. The first-order chi connectivity index (χ1) is 27.0. The molecule has 0 saturated heterocycles. The molecule has 0 aliphatic carbocycles. The van der Waals surface area contributed by atoms with Gasteiger partial charge in [-0.05, 0) is 82.6 Å². The van der Waals surface area contributed by atoms with Crippen LogP contribution in [0.3, 0.4) is 0 Å². The molecule has 0 amide bonds. The van der Waals surface area contributed by atoms with Gasteiger partial charge in [0, 0.05) is 10.8 Å². The maximum absolute atomic E-state index is 12.0. The zero-order chi connectivity index (χ0) is 42.5. The van der Waals surface area contributed by atoms with Gasteiger partial charge in [0.15, 0.2) is 11.5 Å². The van der Waals surface area contributed by atoms with E-state index in [1.165, 1.54) is 38.5 Å². The molecule has 0 aliphatic rings. The summed E-state index contributed by atoms with van der Waals surface area (Å²) in [5.41, 5.74) is 0.0413. The van der Waals surface area contributed by atoms with E-state index in [2.05, 4.69) is 20.5 Å². The minimum absolute atomic E-state index is 0.00152. The third kappa shape index (κ3) is 8.29. The van der Waals surface area contributed by atoms with E-state index in [9.17, 15) is 62.1 Å². The van der Waals surface area contributed by atoms with Gasteiger partial charge in [-0.25, -0.2) is 0 Å². The maximum Gasteiger partial charge on any atom is 0.298 e. The van der Waals surface area contributed by atoms with Crippen molar-refractivity contribution >= 4 is 84.8 Å². The van der Waals surface area contributed by atoms with Crippen LogP contribution in [0.15, 0.2) is 125 Å². The molecule has 0 bridgehead atoms. The molecule has 24 heteroatoms. The molecule has 6 aromatic carbocycles. The van der Waals surface area contributed by atoms with Crippen LogP contribution in [0.5, 0.6) is 23.0 Å². The van der Waals surface area contributed by atoms with Crippen molar-refractivity contribution in [3.63, 3.8) is 0 Å². The predicted octanol–water partition coefficient (Wildman–Crippen LogP) is 6.91. The van der Waals surface area contributed by atoms with Crippen LogP contribution < -0.4 is 9.47 Å². The number of phenolic OH excluding ortho intramolecular Hbond substituents is 2. The highest BCUT2D eigenvalue weighted by Gasteiger charge is 2.25. The number of nitrogens with zero attached hydrogens (tertiary/aromatic N) is 4. The van der Waals surface area contributed by atoms with Crippen LogP contribution in [0, 0.1) is 0 Å². The monoisotopic (exact) mass is 874 g/mol. The molecule has 0 fully saturated rings. The van der Waals surface area contributed by atoms with Crippen molar-refractivity contribution in [3.8, 4) is 34.1 Å². The first-order valence-corrected chi connectivity index (χ1v) is 21.5. The summed E-state index contributed by atoms with van der Waals surface area (Å²) in [7, 11) is -16.9. The van der Waals surface area contributed by atoms with Crippen molar-refractivity contribution in [2.45, 2.75) is 19.6 Å². The van der Waals surface area contributed by atoms with Gasteiger partial charge in [-0.15, -0.1) is 20.5 Å². The molecule has 0 aliphatic heterocycles. The van der Waals surface area contributed by atoms with Gasteiger partial charge < -0.3 is 19.7 Å². The van der Waals surface area contributed by atoms with Crippen molar-refractivity contribution < 1.29 is 71.6 Å². The minimum Gasteiger partial charge on any atom is -0.504 e. The van der Waals surface area contributed by atoms with Gasteiger partial charge in [0.2, 0.25) is 0 Å². The lowest BCUT2D eigenvalue weighted by Crippen LogP contribution is -2.00. The highest BCUT2D eigenvalue weighted by molar-refractivity contribution is 7.86. The Balaban J connectivity index is 1.39. The number of rotatable bonds is 11. The Hall–Kier alpha value is -6.12. The first kappa shape index (κ1) is 41.5. The van der Waals surface area contributed by atoms with E-state index in [0.717, 1.165) is 48.5 Å². The summed E-state index contributed by atoms with van der Waals surface area (Å²) in [4.78, 5) is -3.16. The fourth-order valence-corrected chi connectivity index (χ4v) is 7.91. The van der Waals surface area contributed by atoms with Crippen LogP contribution in [0.2, 0.25) is 0 Å². The lowest BCUT2D eigenvalue weighted by molar-refractivity contribution is 0.415. The third-order valence-corrected chi connectivity index (χ3v) is 11.8. The van der Waals surface area contributed by atoms with Crippen LogP contribution in [-0.2, 0) is 40.5 Å². The average Bonchev–Trinajstić information content (AvgIpc) is 3.14. The number of ether oxygens (including phenoxy) is 2. The lowest BCUT2D eigenvalue weighted by Gasteiger charge is -2.12.